The van der Waals surface area contributed by atoms with E-state index in [1.54, 1.807) is 29.6 Å². The van der Waals surface area contributed by atoms with Crippen LogP contribution in [0.1, 0.15) is 16.1 Å². The smallest absolute Gasteiger partial charge is 0.256 e. The van der Waals surface area contributed by atoms with Crippen LogP contribution in [0.5, 0.6) is 0 Å². The number of carbonyl (C=O) groups is 1. The number of nitrogens with two attached hydrogens (primary N) is 1. The minimum absolute atomic E-state index is 0.0865. The van der Waals surface area contributed by atoms with Gasteiger partial charge in [0.1, 0.15) is 0 Å². The molecule has 0 aliphatic heterocycles. The van der Waals surface area contributed by atoms with Gasteiger partial charge in [0.2, 0.25) is 0 Å². The topological polar surface area (TPSA) is 71.2 Å². The van der Waals surface area contributed by atoms with E-state index in [4.69, 9.17) is 5.84 Å². The molecule has 3 N–H and O–H groups in total. The van der Waals surface area contributed by atoms with Crippen molar-refractivity contribution in [1.82, 2.24) is 9.88 Å². The molecule has 0 spiro atoms. The van der Waals surface area contributed by atoms with Gasteiger partial charge in [0.05, 0.1) is 29.0 Å². The number of nitrogen functional groups attached to an aromatic ring is 1. The Hall–Kier alpha value is -1.92. The molecule has 0 unspecified atom stereocenters. The van der Waals surface area contributed by atoms with Gasteiger partial charge in [-0.3, -0.25) is 10.6 Å². The fraction of sp³-hybridized carbons (Fsp3) is 0.167. The van der Waals surface area contributed by atoms with Gasteiger partial charge in [-0.25, -0.2) is 4.98 Å². The van der Waals surface area contributed by atoms with Crippen LogP contribution in [0, 0.1) is 0 Å². The first-order chi connectivity index (χ1) is 8.72. The van der Waals surface area contributed by atoms with Gasteiger partial charge in [0.25, 0.3) is 5.91 Å². The van der Waals surface area contributed by atoms with Crippen molar-refractivity contribution in [2.24, 2.45) is 5.84 Å². The van der Waals surface area contributed by atoms with Gasteiger partial charge in [-0.2, -0.15) is 0 Å². The van der Waals surface area contributed by atoms with E-state index in [9.17, 15) is 4.79 Å². The second kappa shape index (κ2) is 5.61. The number of anilines is 1. The van der Waals surface area contributed by atoms with Crippen LogP contribution in [-0.2, 0) is 6.54 Å². The van der Waals surface area contributed by atoms with Gasteiger partial charge in [-0.15, -0.1) is 11.3 Å². The monoisotopic (exact) mass is 262 g/mol. The van der Waals surface area contributed by atoms with Crippen molar-refractivity contribution in [2.75, 3.05) is 12.5 Å². The SMILES string of the molecule is CN(Cc1cscn1)C(=O)c1ccccc1NN. The Kier molecular flexibility index (Phi) is 3.91. The molecule has 2 rings (SSSR count). The van der Waals surface area contributed by atoms with Gasteiger partial charge in [-0.05, 0) is 12.1 Å². The zero-order valence-corrected chi connectivity index (χ0v) is 10.8. The number of nitrogens with one attached hydrogen (secondary N) is 1. The first-order valence-electron chi connectivity index (χ1n) is 5.40. The van der Waals surface area contributed by atoms with E-state index in [-0.39, 0.29) is 5.91 Å². The maximum Gasteiger partial charge on any atom is 0.256 e. The molecule has 0 fully saturated rings. The quantitative estimate of drug-likeness (QED) is 0.650. The zero-order valence-electron chi connectivity index (χ0n) is 9.96. The summed E-state index contributed by atoms with van der Waals surface area (Å²) in [5.74, 6) is 5.31. The van der Waals surface area contributed by atoms with Crippen LogP contribution in [0.15, 0.2) is 35.2 Å². The number of nitrogens with zero attached hydrogens (tertiary/aromatic N) is 2. The highest BCUT2D eigenvalue weighted by Gasteiger charge is 2.15. The van der Waals surface area contributed by atoms with Crippen LogP contribution in [0.3, 0.4) is 0 Å². The third-order valence-electron chi connectivity index (χ3n) is 2.54. The summed E-state index contributed by atoms with van der Waals surface area (Å²) >= 11 is 1.52. The molecular weight excluding hydrogens is 248 g/mol. The van der Waals surface area contributed by atoms with Crippen molar-refractivity contribution in [3.63, 3.8) is 0 Å². The number of hydrazine groups is 1. The number of benzene rings is 1. The summed E-state index contributed by atoms with van der Waals surface area (Å²) in [7, 11) is 1.75. The van der Waals surface area contributed by atoms with Crippen molar-refractivity contribution in [3.8, 4) is 0 Å². The number of carbonyl (C=O) groups excluding carboxylic acids is 1. The molecular formula is C12H14N4OS. The summed E-state index contributed by atoms with van der Waals surface area (Å²) in [5.41, 5.74) is 6.34. The highest BCUT2D eigenvalue weighted by molar-refractivity contribution is 7.07. The average Bonchev–Trinajstić information content (AvgIpc) is 2.90. The molecule has 0 radical (unpaired) electrons. The molecule has 0 saturated heterocycles. The van der Waals surface area contributed by atoms with E-state index in [0.29, 0.717) is 17.8 Å². The van der Waals surface area contributed by atoms with E-state index in [1.165, 1.54) is 11.3 Å². The second-order valence-electron chi connectivity index (χ2n) is 3.83. The summed E-state index contributed by atoms with van der Waals surface area (Å²) in [6, 6.07) is 7.15. The minimum Gasteiger partial charge on any atom is -0.336 e. The molecule has 1 aromatic heterocycles. The van der Waals surface area contributed by atoms with Crippen LogP contribution in [0.25, 0.3) is 0 Å². The zero-order chi connectivity index (χ0) is 13.0. The number of amides is 1. The van der Waals surface area contributed by atoms with Crippen LogP contribution in [-0.4, -0.2) is 22.8 Å². The first kappa shape index (κ1) is 12.5. The van der Waals surface area contributed by atoms with Gasteiger partial charge in [-0.1, -0.05) is 12.1 Å². The standard InChI is InChI=1S/C12H14N4OS/c1-16(6-9-7-18-8-14-9)12(17)10-4-2-3-5-11(10)15-13/h2-5,7-8,15H,6,13H2,1H3. The molecule has 2 aromatic rings. The van der Waals surface area contributed by atoms with Crippen molar-refractivity contribution < 1.29 is 4.79 Å². The molecule has 6 heteroatoms. The lowest BCUT2D eigenvalue weighted by atomic mass is 10.1. The molecule has 0 bridgehead atoms. The second-order valence-corrected chi connectivity index (χ2v) is 4.55. The molecule has 0 aliphatic rings. The Morgan fingerprint density at radius 1 is 1.50 bits per heavy atom. The summed E-state index contributed by atoms with van der Waals surface area (Å²) in [6.45, 7) is 0.487. The third-order valence-corrected chi connectivity index (χ3v) is 3.18. The van der Waals surface area contributed by atoms with Crippen molar-refractivity contribution in [2.45, 2.75) is 6.54 Å². The molecule has 0 atom stereocenters. The van der Waals surface area contributed by atoms with E-state index < -0.39 is 0 Å². The van der Waals surface area contributed by atoms with Crippen molar-refractivity contribution >= 4 is 22.9 Å². The maximum absolute atomic E-state index is 12.3. The minimum atomic E-state index is -0.0865. The van der Waals surface area contributed by atoms with Gasteiger partial charge >= 0.3 is 0 Å². The third kappa shape index (κ3) is 2.66. The van der Waals surface area contributed by atoms with Gasteiger partial charge in [0.15, 0.2) is 0 Å². The Morgan fingerprint density at radius 3 is 2.94 bits per heavy atom. The number of para-hydroxylation sites is 1. The average molecular weight is 262 g/mol. The van der Waals surface area contributed by atoms with Crippen LogP contribution >= 0.6 is 11.3 Å². The predicted molar refractivity (Wildman–Crippen MR) is 72.2 cm³/mol. The molecule has 1 amide bonds. The Morgan fingerprint density at radius 2 is 2.28 bits per heavy atom. The first-order valence-corrected chi connectivity index (χ1v) is 6.35. The highest BCUT2D eigenvalue weighted by Crippen LogP contribution is 2.16. The van der Waals surface area contributed by atoms with Crippen molar-refractivity contribution in [1.29, 1.82) is 0 Å². The number of thiazole rings is 1. The normalized spacial score (nSPS) is 10.1. The predicted octanol–water partition coefficient (Wildman–Crippen LogP) is 1.70. The Bertz CT molecular complexity index is 527. The van der Waals surface area contributed by atoms with Gasteiger partial charge in [0, 0.05) is 12.4 Å². The molecule has 94 valence electrons. The molecule has 18 heavy (non-hydrogen) atoms. The van der Waals surface area contributed by atoms with E-state index in [0.717, 1.165) is 5.69 Å². The number of rotatable bonds is 4. The van der Waals surface area contributed by atoms with Crippen molar-refractivity contribution in [3.05, 3.63) is 46.4 Å². The summed E-state index contributed by atoms with van der Waals surface area (Å²) in [4.78, 5) is 18.0. The molecule has 1 aromatic carbocycles. The van der Waals surface area contributed by atoms with Crippen LogP contribution in [0.2, 0.25) is 0 Å². The largest absolute Gasteiger partial charge is 0.336 e. The number of hydrogen-bond acceptors (Lipinski definition) is 5. The molecule has 1 heterocycles. The molecule has 5 nitrogen and oxygen atoms in total. The fourth-order valence-electron chi connectivity index (χ4n) is 1.63. The summed E-state index contributed by atoms with van der Waals surface area (Å²) in [5, 5.41) is 1.93. The lowest BCUT2D eigenvalue weighted by Crippen LogP contribution is -2.27. The van der Waals surface area contributed by atoms with Crippen LogP contribution in [0.4, 0.5) is 5.69 Å². The summed E-state index contributed by atoms with van der Waals surface area (Å²) < 4.78 is 0. The van der Waals surface area contributed by atoms with E-state index in [2.05, 4.69) is 10.4 Å². The number of hydrogen-bond donors (Lipinski definition) is 2. The number of aromatic nitrogens is 1. The Balaban J connectivity index is 2.15. The van der Waals surface area contributed by atoms with E-state index in [1.807, 2.05) is 17.5 Å². The molecule has 0 aliphatic carbocycles. The highest BCUT2D eigenvalue weighted by atomic mass is 32.1. The van der Waals surface area contributed by atoms with E-state index >= 15 is 0 Å². The maximum atomic E-state index is 12.3. The Labute approximate surface area is 109 Å². The lowest BCUT2D eigenvalue weighted by molar-refractivity contribution is 0.0784. The summed E-state index contributed by atoms with van der Waals surface area (Å²) in [6.07, 6.45) is 0. The van der Waals surface area contributed by atoms with Gasteiger partial charge < -0.3 is 10.3 Å². The van der Waals surface area contributed by atoms with Crippen LogP contribution < -0.4 is 11.3 Å². The lowest BCUT2D eigenvalue weighted by Gasteiger charge is -2.17. The fourth-order valence-corrected chi connectivity index (χ4v) is 2.18. The molecule has 0 saturated carbocycles.